The summed E-state index contributed by atoms with van der Waals surface area (Å²) in [4.78, 5) is 48.3. The molecular weight excluding hydrogens is 348 g/mol. The molecule has 0 aromatic heterocycles. The Balaban J connectivity index is 2.75. The van der Waals surface area contributed by atoms with Crippen LogP contribution in [0.1, 0.15) is 32.1 Å². The van der Waals surface area contributed by atoms with Crippen LogP contribution in [0.2, 0.25) is 0 Å². The second-order valence-electron chi connectivity index (χ2n) is 5.98. The maximum absolute atomic E-state index is 12.7. The maximum atomic E-state index is 12.7. The lowest BCUT2D eigenvalue weighted by molar-refractivity contribution is -0.149. The molecule has 3 atom stereocenters. The summed E-state index contributed by atoms with van der Waals surface area (Å²) in [5.74, 6) is -1.93. The van der Waals surface area contributed by atoms with Gasteiger partial charge in [0.15, 0.2) is 0 Å². The maximum Gasteiger partial charge on any atom is 0.326 e. The summed E-state index contributed by atoms with van der Waals surface area (Å²) in [6.45, 7) is 0.356. The molecule has 10 heteroatoms. The molecule has 6 N–H and O–H groups in total. The van der Waals surface area contributed by atoms with Crippen LogP contribution >= 0.6 is 11.8 Å². The first kappa shape index (κ1) is 21.2. The number of hydrogen-bond donors (Lipinski definition) is 4. The van der Waals surface area contributed by atoms with E-state index in [1.807, 2.05) is 6.26 Å². The van der Waals surface area contributed by atoms with Crippen LogP contribution in [0.25, 0.3) is 0 Å². The van der Waals surface area contributed by atoms with Crippen molar-refractivity contribution in [3.8, 4) is 0 Å². The third-order valence-electron chi connectivity index (χ3n) is 4.08. The molecular formula is C15H26N4O5S. The van der Waals surface area contributed by atoms with Crippen molar-refractivity contribution in [1.29, 1.82) is 0 Å². The number of nitrogens with zero attached hydrogens (tertiary/aromatic N) is 1. The molecule has 0 radical (unpaired) electrons. The number of carboxylic acid groups (broad SMARTS) is 1. The molecule has 1 fully saturated rings. The molecule has 3 unspecified atom stereocenters. The van der Waals surface area contributed by atoms with Crippen LogP contribution in [0.4, 0.5) is 0 Å². The first-order valence-electron chi connectivity index (χ1n) is 8.14. The van der Waals surface area contributed by atoms with Gasteiger partial charge < -0.3 is 26.8 Å². The van der Waals surface area contributed by atoms with Crippen LogP contribution in [0.5, 0.6) is 0 Å². The quantitative estimate of drug-likeness (QED) is 0.378. The Morgan fingerprint density at radius 2 is 2.00 bits per heavy atom. The topological polar surface area (TPSA) is 156 Å². The van der Waals surface area contributed by atoms with Gasteiger partial charge in [0, 0.05) is 13.0 Å². The van der Waals surface area contributed by atoms with Crippen molar-refractivity contribution in [2.24, 2.45) is 11.5 Å². The van der Waals surface area contributed by atoms with Gasteiger partial charge in [-0.1, -0.05) is 0 Å². The fourth-order valence-corrected chi connectivity index (χ4v) is 3.16. The molecule has 25 heavy (non-hydrogen) atoms. The minimum absolute atomic E-state index is 0.0226. The van der Waals surface area contributed by atoms with Crippen molar-refractivity contribution in [3.63, 3.8) is 0 Å². The zero-order valence-electron chi connectivity index (χ0n) is 14.3. The number of rotatable bonds is 10. The van der Waals surface area contributed by atoms with E-state index in [9.17, 15) is 24.3 Å². The first-order chi connectivity index (χ1) is 11.8. The van der Waals surface area contributed by atoms with Crippen molar-refractivity contribution in [1.82, 2.24) is 10.2 Å². The summed E-state index contributed by atoms with van der Waals surface area (Å²) in [6, 6.07) is -2.64. The number of carboxylic acids is 1. The van der Waals surface area contributed by atoms with Gasteiger partial charge >= 0.3 is 5.97 Å². The van der Waals surface area contributed by atoms with E-state index in [4.69, 9.17) is 11.5 Å². The summed E-state index contributed by atoms with van der Waals surface area (Å²) < 4.78 is 0. The van der Waals surface area contributed by atoms with E-state index in [-0.39, 0.29) is 12.8 Å². The molecule has 0 aliphatic carbocycles. The number of carbonyl (C=O) groups is 4. The molecule has 9 nitrogen and oxygen atoms in total. The van der Waals surface area contributed by atoms with Gasteiger partial charge in [0.25, 0.3) is 0 Å². The number of thioether (sulfide) groups is 1. The van der Waals surface area contributed by atoms with E-state index >= 15 is 0 Å². The Bertz CT molecular complexity index is 516. The van der Waals surface area contributed by atoms with Crippen LogP contribution in [-0.4, -0.2) is 70.4 Å². The van der Waals surface area contributed by atoms with Gasteiger partial charge in [-0.3, -0.25) is 14.4 Å². The van der Waals surface area contributed by atoms with E-state index in [1.165, 1.54) is 16.7 Å². The molecule has 3 amide bonds. The summed E-state index contributed by atoms with van der Waals surface area (Å²) in [5, 5.41) is 11.8. The Morgan fingerprint density at radius 3 is 2.56 bits per heavy atom. The highest BCUT2D eigenvalue weighted by Crippen LogP contribution is 2.19. The predicted octanol–water partition coefficient (Wildman–Crippen LogP) is -1.11. The monoisotopic (exact) mass is 374 g/mol. The van der Waals surface area contributed by atoms with Gasteiger partial charge in [-0.15, -0.1) is 0 Å². The zero-order chi connectivity index (χ0) is 19.0. The SMILES string of the molecule is CSCCC(NC(=O)C(N)CCC(N)=O)C(=O)N1CCCC1C(=O)O. The number of nitrogens with one attached hydrogen (secondary N) is 1. The minimum atomic E-state index is -1.04. The second kappa shape index (κ2) is 10.2. The van der Waals surface area contributed by atoms with Gasteiger partial charge in [0.2, 0.25) is 17.7 Å². The van der Waals surface area contributed by atoms with E-state index < -0.39 is 41.8 Å². The third-order valence-corrected chi connectivity index (χ3v) is 4.73. The Labute approximate surface area is 150 Å². The normalized spacial score (nSPS) is 19.3. The average molecular weight is 374 g/mol. The highest BCUT2D eigenvalue weighted by Gasteiger charge is 2.37. The fraction of sp³-hybridized carbons (Fsp3) is 0.733. The minimum Gasteiger partial charge on any atom is -0.480 e. The van der Waals surface area contributed by atoms with Gasteiger partial charge in [-0.05, 0) is 37.7 Å². The van der Waals surface area contributed by atoms with Crippen LogP contribution in [-0.2, 0) is 19.2 Å². The summed E-state index contributed by atoms with van der Waals surface area (Å²) in [6.07, 6.45) is 3.33. The average Bonchev–Trinajstić information content (AvgIpc) is 3.05. The molecule has 1 aliphatic heterocycles. The van der Waals surface area contributed by atoms with Crippen molar-refractivity contribution in [3.05, 3.63) is 0 Å². The van der Waals surface area contributed by atoms with E-state index in [2.05, 4.69) is 5.32 Å². The molecule has 0 aromatic carbocycles. The van der Waals surface area contributed by atoms with Gasteiger partial charge in [0.05, 0.1) is 6.04 Å². The van der Waals surface area contributed by atoms with Crippen molar-refractivity contribution >= 4 is 35.5 Å². The second-order valence-corrected chi connectivity index (χ2v) is 6.97. The lowest BCUT2D eigenvalue weighted by Crippen LogP contribution is -2.54. The Morgan fingerprint density at radius 1 is 1.32 bits per heavy atom. The first-order valence-corrected chi connectivity index (χ1v) is 9.53. The van der Waals surface area contributed by atoms with Gasteiger partial charge in [-0.2, -0.15) is 11.8 Å². The largest absolute Gasteiger partial charge is 0.480 e. The molecule has 142 valence electrons. The number of likely N-dealkylation sites (tertiary alicyclic amines) is 1. The predicted molar refractivity (Wildman–Crippen MR) is 93.7 cm³/mol. The van der Waals surface area contributed by atoms with Crippen LogP contribution in [0.15, 0.2) is 0 Å². The molecule has 0 bridgehead atoms. The number of amides is 3. The molecule has 1 aliphatic rings. The Hall–Kier alpha value is -1.81. The fourth-order valence-electron chi connectivity index (χ4n) is 2.69. The van der Waals surface area contributed by atoms with E-state index in [0.29, 0.717) is 31.6 Å². The highest BCUT2D eigenvalue weighted by molar-refractivity contribution is 7.98. The highest BCUT2D eigenvalue weighted by atomic mass is 32.2. The summed E-state index contributed by atoms with van der Waals surface area (Å²) in [5.41, 5.74) is 10.8. The zero-order valence-corrected chi connectivity index (χ0v) is 15.1. The molecule has 0 spiro atoms. The Kier molecular flexibility index (Phi) is 8.70. The van der Waals surface area contributed by atoms with Gasteiger partial charge in [-0.25, -0.2) is 4.79 Å². The smallest absolute Gasteiger partial charge is 0.326 e. The van der Waals surface area contributed by atoms with Crippen LogP contribution in [0, 0.1) is 0 Å². The van der Waals surface area contributed by atoms with E-state index in [1.54, 1.807) is 0 Å². The van der Waals surface area contributed by atoms with Gasteiger partial charge in [0.1, 0.15) is 12.1 Å². The van der Waals surface area contributed by atoms with Crippen LogP contribution in [0.3, 0.4) is 0 Å². The lowest BCUT2D eigenvalue weighted by Gasteiger charge is -2.28. The standard InChI is InChI=1S/C15H26N4O5S/c1-25-8-6-10(18-13(21)9(16)4-5-12(17)20)14(22)19-7-2-3-11(19)15(23)24/h9-11H,2-8,16H2,1H3,(H2,17,20)(H,18,21)(H,23,24). The molecule has 1 rings (SSSR count). The molecule has 0 saturated carbocycles. The number of aliphatic carboxylic acids is 1. The molecule has 0 aromatic rings. The van der Waals surface area contributed by atoms with Crippen molar-refractivity contribution in [2.45, 2.75) is 50.2 Å². The number of carbonyl (C=O) groups excluding carboxylic acids is 3. The van der Waals surface area contributed by atoms with Crippen molar-refractivity contribution in [2.75, 3.05) is 18.6 Å². The summed E-state index contributed by atoms with van der Waals surface area (Å²) >= 11 is 1.52. The molecule has 1 saturated heterocycles. The van der Waals surface area contributed by atoms with Crippen LogP contribution < -0.4 is 16.8 Å². The third kappa shape index (κ3) is 6.54. The van der Waals surface area contributed by atoms with E-state index in [0.717, 1.165) is 0 Å². The number of primary amides is 1. The lowest BCUT2D eigenvalue weighted by atomic mass is 10.1. The summed E-state index contributed by atoms with van der Waals surface area (Å²) in [7, 11) is 0. The number of nitrogens with two attached hydrogens (primary N) is 2. The van der Waals surface area contributed by atoms with Crippen molar-refractivity contribution < 1.29 is 24.3 Å². The molecule has 1 heterocycles. The number of hydrogen-bond acceptors (Lipinski definition) is 6.